The molecule has 3 N–H and O–H groups in total. The van der Waals surface area contributed by atoms with Crippen LogP contribution in [0.25, 0.3) is 0 Å². The highest BCUT2D eigenvalue weighted by molar-refractivity contribution is 7.47. The van der Waals surface area contributed by atoms with Gasteiger partial charge in [-0.3, -0.25) is 37.3 Å². The van der Waals surface area contributed by atoms with Gasteiger partial charge in [-0.1, -0.05) is 316 Å². The quantitative estimate of drug-likeness (QED) is 0.0169. The van der Waals surface area contributed by atoms with Crippen molar-refractivity contribution in [3.05, 3.63) is 24.3 Å². The minimum atomic E-state index is -4.96. The Balaban J connectivity index is 5.25. The summed E-state index contributed by atoms with van der Waals surface area (Å²) in [6, 6.07) is 0. The minimum Gasteiger partial charge on any atom is -0.462 e. The first-order chi connectivity index (χ1) is 45.5. The molecule has 0 bridgehead atoms. The van der Waals surface area contributed by atoms with Gasteiger partial charge in [0.25, 0.3) is 0 Å². The lowest BCUT2D eigenvalue weighted by atomic mass is 10.0. The fourth-order valence-corrected chi connectivity index (χ4v) is 12.6. The van der Waals surface area contributed by atoms with Gasteiger partial charge >= 0.3 is 39.5 Å². The van der Waals surface area contributed by atoms with E-state index in [1.54, 1.807) is 0 Å². The molecule has 0 radical (unpaired) electrons. The van der Waals surface area contributed by atoms with Crippen LogP contribution in [-0.2, 0) is 65.4 Å². The summed E-state index contributed by atoms with van der Waals surface area (Å²) in [5.74, 6) is -1.36. The maximum absolute atomic E-state index is 13.1. The van der Waals surface area contributed by atoms with E-state index in [4.69, 9.17) is 37.0 Å². The van der Waals surface area contributed by atoms with E-state index in [9.17, 15) is 43.2 Å². The van der Waals surface area contributed by atoms with Gasteiger partial charge in [0.15, 0.2) is 12.2 Å². The van der Waals surface area contributed by atoms with Gasteiger partial charge in [-0.2, -0.15) is 0 Å². The molecule has 5 atom stereocenters. The van der Waals surface area contributed by atoms with Crippen molar-refractivity contribution in [3.63, 3.8) is 0 Å². The lowest BCUT2D eigenvalue weighted by molar-refractivity contribution is -0.161. The maximum atomic E-state index is 13.1. The molecule has 0 rings (SSSR count). The number of allylic oxidation sites excluding steroid dienone is 4. The SMILES string of the molecule is CCCCCC/C=C\C=C/CCCCCCCC(=O)OC[C@H](COP(=O)(O)OC[C@@H](O)COP(=O)(O)OC[C@@H](COC(=O)CCCCCCCCCC)OC(=O)CCCCCCCCCCCCCCCCC)OC(=O)CCCCCCCCCCCCCCCC(C)C. The van der Waals surface area contributed by atoms with E-state index in [0.717, 1.165) is 121 Å². The van der Waals surface area contributed by atoms with Crippen LogP contribution in [0.15, 0.2) is 24.3 Å². The molecule has 0 aliphatic rings. The van der Waals surface area contributed by atoms with Crippen LogP contribution in [0, 0.1) is 5.92 Å². The van der Waals surface area contributed by atoms with E-state index in [0.29, 0.717) is 25.7 Å². The third-order valence-electron chi connectivity index (χ3n) is 16.9. The number of carbonyl (C=O) groups excluding carboxylic acids is 4. The molecular weight excluding hydrogens is 1230 g/mol. The Morgan fingerprint density at radius 2 is 0.574 bits per heavy atom. The number of aliphatic hydroxyl groups excluding tert-OH is 1. The molecule has 0 saturated carbocycles. The van der Waals surface area contributed by atoms with Crippen LogP contribution >= 0.6 is 15.6 Å². The predicted octanol–water partition coefficient (Wildman–Crippen LogP) is 21.6. The number of hydrogen-bond donors (Lipinski definition) is 3. The van der Waals surface area contributed by atoms with E-state index in [1.165, 1.54) is 167 Å². The van der Waals surface area contributed by atoms with E-state index in [1.807, 2.05) is 0 Å². The molecular formula is C75H142O17P2. The highest BCUT2D eigenvalue weighted by Gasteiger charge is 2.30. The van der Waals surface area contributed by atoms with Crippen molar-refractivity contribution in [2.75, 3.05) is 39.6 Å². The fourth-order valence-electron chi connectivity index (χ4n) is 11.0. The molecule has 554 valence electrons. The summed E-state index contributed by atoms with van der Waals surface area (Å²) < 4.78 is 68.4. The summed E-state index contributed by atoms with van der Waals surface area (Å²) in [5.41, 5.74) is 0. The normalized spacial score (nSPS) is 14.1. The molecule has 0 aromatic carbocycles. The van der Waals surface area contributed by atoms with Crippen LogP contribution in [0.2, 0.25) is 0 Å². The smallest absolute Gasteiger partial charge is 0.462 e. The predicted molar refractivity (Wildman–Crippen MR) is 381 cm³/mol. The van der Waals surface area contributed by atoms with Gasteiger partial charge in [0, 0.05) is 25.7 Å². The second-order valence-electron chi connectivity index (χ2n) is 26.8. The third kappa shape index (κ3) is 68.1. The van der Waals surface area contributed by atoms with Gasteiger partial charge in [0.1, 0.15) is 19.3 Å². The highest BCUT2D eigenvalue weighted by atomic mass is 31.2. The monoisotopic (exact) mass is 1380 g/mol. The summed E-state index contributed by atoms with van der Waals surface area (Å²) in [6.45, 7) is 7.21. The van der Waals surface area contributed by atoms with Crippen LogP contribution in [0.4, 0.5) is 0 Å². The van der Waals surface area contributed by atoms with E-state index in [2.05, 4.69) is 58.9 Å². The summed E-state index contributed by atoms with van der Waals surface area (Å²) in [6.07, 6.45) is 59.0. The zero-order valence-corrected chi connectivity index (χ0v) is 62.4. The number of rotatable bonds is 73. The number of esters is 4. The average molecular weight is 1380 g/mol. The van der Waals surface area contributed by atoms with Crippen molar-refractivity contribution in [2.45, 2.75) is 387 Å². The van der Waals surface area contributed by atoms with Crippen LogP contribution in [0.5, 0.6) is 0 Å². The van der Waals surface area contributed by atoms with Crippen LogP contribution in [0.1, 0.15) is 369 Å². The van der Waals surface area contributed by atoms with Crippen molar-refractivity contribution < 1.29 is 80.2 Å². The Morgan fingerprint density at radius 1 is 0.330 bits per heavy atom. The van der Waals surface area contributed by atoms with E-state index in [-0.39, 0.29) is 25.7 Å². The molecule has 0 aliphatic carbocycles. The average Bonchev–Trinajstić information content (AvgIpc) is 1.29. The Bertz CT molecular complexity index is 1900. The Labute approximate surface area is 573 Å². The molecule has 19 heteroatoms. The van der Waals surface area contributed by atoms with Gasteiger partial charge in [0.05, 0.1) is 26.4 Å². The maximum Gasteiger partial charge on any atom is 0.472 e. The topological polar surface area (TPSA) is 237 Å². The zero-order valence-electron chi connectivity index (χ0n) is 60.6. The minimum absolute atomic E-state index is 0.101. The van der Waals surface area contributed by atoms with Crippen molar-refractivity contribution in [2.24, 2.45) is 5.92 Å². The molecule has 94 heavy (non-hydrogen) atoms. The molecule has 0 aliphatic heterocycles. The van der Waals surface area contributed by atoms with Gasteiger partial charge < -0.3 is 33.8 Å². The summed E-state index contributed by atoms with van der Waals surface area (Å²) in [7, 11) is -9.92. The van der Waals surface area contributed by atoms with Crippen LogP contribution < -0.4 is 0 Å². The molecule has 0 aromatic rings. The molecule has 0 heterocycles. The number of hydrogen-bond acceptors (Lipinski definition) is 15. The zero-order chi connectivity index (χ0) is 69.1. The molecule has 0 amide bonds. The van der Waals surface area contributed by atoms with E-state index < -0.39 is 97.5 Å². The molecule has 0 fully saturated rings. The van der Waals surface area contributed by atoms with Crippen LogP contribution in [0.3, 0.4) is 0 Å². The van der Waals surface area contributed by atoms with Gasteiger partial charge in [-0.05, 0) is 57.3 Å². The van der Waals surface area contributed by atoms with Crippen molar-refractivity contribution in [3.8, 4) is 0 Å². The van der Waals surface area contributed by atoms with Crippen molar-refractivity contribution >= 4 is 39.5 Å². The first-order valence-electron chi connectivity index (χ1n) is 38.5. The van der Waals surface area contributed by atoms with Gasteiger partial charge in [0.2, 0.25) is 0 Å². The fraction of sp³-hybridized carbons (Fsp3) is 0.893. The lowest BCUT2D eigenvalue weighted by Crippen LogP contribution is -2.30. The molecule has 17 nitrogen and oxygen atoms in total. The molecule has 0 saturated heterocycles. The lowest BCUT2D eigenvalue weighted by Gasteiger charge is -2.21. The first-order valence-corrected chi connectivity index (χ1v) is 41.4. The Morgan fingerprint density at radius 3 is 0.872 bits per heavy atom. The number of phosphoric acid groups is 2. The number of unbranched alkanes of at least 4 members (excludes halogenated alkanes) is 42. The highest BCUT2D eigenvalue weighted by Crippen LogP contribution is 2.45. The summed E-state index contributed by atoms with van der Waals surface area (Å²) in [4.78, 5) is 72.7. The summed E-state index contributed by atoms with van der Waals surface area (Å²) >= 11 is 0. The van der Waals surface area contributed by atoms with E-state index >= 15 is 0 Å². The second-order valence-corrected chi connectivity index (χ2v) is 29.7. The number of carbonyl (C=O) groups is 4. The number of ether oxygens (including phenoxy) is 4. The van der Waals surface area contributed by atoms with Crippen molar-refractivity contribution in [1.82, 2.24) is 0 Å². The number of phosphoric ester groups is 2. The molecule has 0 aromatic heterocycles. The third-order valence-corrected chi connectivity index (χ3v) is 18.8. The first kappa shape index (κ1) is 91.5. The standard InChI is InChI=1S/C75H142O17P2/c1-6-9-12-15-18-21-23-25-27-31-35-39-44-49-54-59-73(78)86-65-71(92-75(80)61-56-51-46-41-37-33-29-30-34-38-42-47-52-57-68(4)5)67-90-94(83,84)88-63-69(76)62-87-93(81,82)89-66-70(64-85-72(77)58-53-48-43-20-17-14-11-8-3)91-74(79)60-55-50-45-40-36-32-28-26-24-22-19-16-13-10-7-2/h21,23,25,27,68-71,76H,6-20,22,24,26,28-67H2,1-5H3,(H,81,82)(H,83,84)/b23-21-,27-25-/t69-,70+,71+/m0/s1. The Hall–Kier alpha value is -2.46. The largest absolute Gasteiger partial charge is 0.472 e. The van der Waals surface area contributed by atoms with Crippen molar-refractivity contribution in [1.29, 1.82) is 0 Å². The summed E-state index contributed by atoms with van der Waals surface area (Å²) in [5, 5.41) is 10.6. The van der Waals surface area contributed by atoms with Gasteiger partial charge in [-0.15, -0.1) is 0 Å². The Kier molecular flexibility index (Phi) is 65.9. The molecule has 0 spiro atoms. The van der Waals surface area contributed by atoms with Gasteiger partial charge in [-0.25, -0.2) is 9.13 Å². The second kappa shape index (κ2) is 67.7. The molecule has 2 unspecified atom stereocenters. The number of aliphatic hydroxyl groups is 1. The van der Waals surface area contributed by atoms with Crippen LogP contribution in [-0.4, -0.2) is 96.7 Å².